The largest absolute Gasteiger partial charge is 0.476 e. The third-order valence-corrected chi connectivity index (χ3v) is 3.98. The molecule has 0 bridgehead atoms. The Bertz CT molecular complexity index is 825. The number of aromatic nitrogens is 1. The van der Waals surface area contributed by atoms with Crippen LogP contribution in [0, 0.1) is 12.7 Å². The number of rotatable bonds is 7. The molecule has 1 heterocycles. The van der Waals surface area contributed by atoms with Crippen LogP contribution in [0.5, 0.6) is 0 Å². The Morgan fingerprint density at radius 1 is 1.04 bits per heavy atom. The molecule has 0 aliphatic heterocycles. The summed E-state index contributed by atoms with van der Waals surface area (Å²) < 4.78 is 18.4. The van der Waals surface area contributed by atoms with Gasteiger partial charge in [0.15, 0.2) is 5.69 Å². The first-order valence-corrected chi connectivity index (χ1v) is 8.19. The van der Waals surface area contributed by atoms with E-state index in [4.69, 9.17) is 9.52 Å². The minimum Gasteiger partial charge on any atom is -0.476 e. The Kier molecular flexibility index (Phi) is 5.43. The zero-order valence-electron chi connectivity index (χ0n) is 14.4. The SMILES string of the molecule is Cc1ccc(CN(Cc2ccc(F)cc2)Cc2nc(C(=O)O)co2)cc1. The van der Waals surface area contributed by atoms with Crippen LogP contribution in [0.3, 0.4) is 0 Å². The smallest absolute Gasteiger partial charge is 0.357 e. The van der Waals surface area contributed by atoms with Gasteiger partial charge in [0.2, 0.25) is 5.89 Å². The van der Waals surface area contributed by atoms with Crippen LogP contribution >= 0.6 is 0 Å². The Morgan fingerprint density at radius 3 is 2.15 bits per heavy atom. The van der Waals surface area contributed by atoms with Crippen molar-refractivity contribution in [3.63, 3.8) is 0 Å². The molecule has 5 nitrogen and oxygen atoms in total. The fourth-order valence-electron chi connectivity index (χ4n) is 2.64. The lowest BCUT2D eigenvalue weighted by Crippen LogP contribution is -2.22. The number of hydrogen-bond acceptors (Lipinski definition) is 4. The molecule has 3 rings (SSSR count). The summed E-state index contributed by atoms with van der Waals surface area (Å²) in [4.78, 5) is 17.0. The number of carbonyl (C=O) groups is 1. The van der Waals surface area contributed by atoms with Crippen molar-refractivity contribution in [3.05, 3.63) is 88.9 Å². The molecule has 6 heteroatoms. The molecule has 0 amide bonds. The quantitative estimate of drug-likeness (QED) is 0.694. The van der Waals surface area contributed by atoms with Gasteiger partial charge < -0.3 is 9.52 Å². The number of aromatic carboxylic acids is 1. The Hall–Kier alpha value is -2.99. The van der Waals surface area contributed by atoms with Crippen molar-refractivity contribution in [1.82, 2.24) is 9.88 Å². The van der Waals surface area contributed by atoms with Crippen molar-refractivity contribution in [2.24, 2.45) is 0 Å². The van der Waals surface area contributed by atoms with E-state index in [1.807, 2.05) is 31.2 Å². The lowest BCUT2D eigenvalue weighted by Gasteiger charge is -2.21. The maximum atomic E-state index is 13.1. The molecule has 0 fully saturated rings. The number of carboxylic acid groups (broad SMARTS) is 1. The summed E-state index contributed by atoms with van der Waals surface area (Å²) in [5.41, 5.74) is 3.13. The number of oxazole rings is 1. The molecule has 0 saturated heterocycles. The molecule has 0 saturated carbocycles. The van der Waals surface area contributed by atoms with E-state index >= 15 is 0 Å². The minimum absolute atomic E-state index is 0.114. The predicted octanol–water partition coefficient (Wildman–Crippen LogP) is 4.02. The van der Waals surface area contributed by atoms with Crippen molar-refractivity contribution in [2.45, 2.75) is 26.6 Å². The first-order chi connectivity index (χ1) is 12.5. The summed E-state index contributed by atoms with van der Waals surface area (Å²) in [6.45, 7) is 3.56. The molecule has 0 radical (unpaired) electrons. The van der Waals surface area contributed by atoms with Crippen LogP contribution in [0.25, 0.3) is 0 Å². The molecule has 0 atom stereocenters. The number of nitrogens with zero attached hydrogens (tertiary/aromatic N) is 2. The van der Waals surface area contributed by atoms with Gasteiger partial charge in [-0.25, -0.2) is 14.2 Å². The normalized spacial score (nSPS) is 11.0. The molecule has 134 valence electrons. The topological polar surface area (TPSA) is 66.6 Å². The number of aryl methyl sites for hydroxylation is 1. The molecular formula is C20H19FN2O3. The number of halogens is 1. The third kappa shape index (κ3) is 4.77. The molecule has 0 aliphatic carbocycles. The summed E-state index contributed by atoms with van der Waals surface area (Å²) in [7, 11) is 0. The molecule has 0 unspecified atom stereocenters. The third-order valence-electron chi connectivity index (χ3n) is 3.98. The Morgan fingerprint density at radius 2 is 1.62 bits per heavy atom. The van der Waals surface area contributed by atoms with Gasteiger partial charge in [0.1, 0.15) is 12.1 Å². The highest BCUT2D eigenvalue weighted by molar-refractivity contribution is 5.84. The molecular weight excluding hydrogens is 335 g/mol. The summed E-state index contributed by atoms with van der Waals surface area (Å²) >= 11 is 0. The van der Waals surface area contributed by atoms with Gasteiger partial charge in [0.25, 0.3) is 0 Å². The van der Waals surface area contributed by atoms with Crippen molar-refractivity contribution < 1.29 is 18.7 Å². The minimum atomic E-state index is -1.12. The summed E-state index contributed by atoms with van der Waals surface area (Å²) in [6.07, 6.45) is 1.14. The van der Waals surface area contributed by atoms with Crippen LogP contribution in [0.2, 0.25) is 0 Å². The molecule has 1 aromatic heterocycles. The van der Waals surface area contributed by atoms with E-state index in [1.165, 1.54) is 17.7 Å². The highest BCUT2D eigenvalue weighted by Crippen LogP contribution is 2.15. The predicted molar refractivity (Wildman–Crippen MR) is 94.0 cm³/mol. The van der Waals surface area contributed by atoms with Crippen LogP contribution in [-0.4, -0.2) is 21.0 Å². The number of carboxylic acids is 1. The molecule has 3 aromatic rings. The van der Waals surface area contributed by atoms with E-state index in [9.17, 15) is 9.18 Å². The Labute approximate surface area is 150 Å². The monoisotopic (exact) mass is 354 g/mol. The van der Waals surface area contributed by atoms with Crippen LogP contribution in [-0.2, 0) is 19.6 Å². The van der Waals surface area contributed by atoms with E-state index in [0.29, 0.717) is 25.5 Å². The van der Waals surface area contributed by atoms with Crippen molar-refractivity contribution in [1.29, 1.82) is 0 Å². The van der Waals surface area contributed by atoms with Gasteiger partial charge in [0, 0.05) is 13.1 Å². The van der Waals surface area contributed by atoms with Crippen LogP contribution in [0.15, 0.2) is 59.2 Å². The maximum Gasteiger partial charge on any atom is 0.357 e. The van der Waals surface area contributed by atoms with Crippen LogP contribution in [0.4, 0.5) is 4.39 Å². The van der Waals surface area contributed by atoms with Gasteiger partial charge in [-0.2, -0.15) is 0 Å². The fraction of sp³-hybridized carbons (Fsp3) is 0.200. The maximum absolute atomic E-state index is 13.1. The first-order valence-electron chi connectivity index (χ1n) is 8.19. The second-order valence-electron chi connectivity index (χ2n) is 6.19. The van der Waals surface area contributed by atoms with Gasteiger partial charge in [0.05, 0.1) is 6.54 Å². The fourth-order valence-corrected chi connectivity index (χ4v) is 2.64. The van der Waals surface area contributed by atoms with E-state index < -0.39 is 5.97 Å². The zero-order chi connectivity index (χ0) is 18.5. The number of benzene rings is 2. The van der Waals surface area contributed by atoms with E-state index in [0.717, 1.165) is 17.4 Å². The number of hydrogen-bond donors (Lipinski definition) is 1. The second-order valence-corrected chi connectivity index (χ2v) is 6.19. The highest BCUT2D eigenvalue weighted by Gasteiger charge is 2.15. The molecule has 26 heavy (non-hydrogen) atoms. The van der Waals surface area contributed by atoms with E-state index in [-0.39, 0.29) is 11.5 Å². The lowest BCUT2D eigenvalue weighted by molar-refractivity contribution is 0.0690. The van der Waals surface area contributed by atoms with Crippen molar-refractivity contribution >= 4 is 5.97 Å². The van der Waals surface area contributed by atoms with E-state index in [2.05, 4.69) is 9.88 Å². The molecule has 0 spiro atoms. The Balaban J connectivity index is 1.78. The van der Waals surface area contributed by atoms with Crippen LogP contribution < -0.4 is 0 Å². The molecule has 2 aromatic carbocycles. The van der Waals surface area contributed by atoms with Crippen LogP contribution in [0.1, 0.15) is 33.1 Å². The summed E-state index contributed by atoms with van der Waals surface area (Å²) in [5, 5.41) is 8.98. The lowest BCUT2D eigenvalue weighted by atomic mass is 10.1. The highest BCUT2D eigenvalue weighted by atomic mass is 19.1. The molecule has 1 N–H and O–H groups in total. The standard InChI is InChI=1S/C20H19FN2O3/c1-14-2-4-15(5-3-14)10-23(11-16-6-8-17(21)9-7-16)12-19-22-18(13-26-19)20(24)25/h2-9,13H,10-12H2,1H3,(H,24,25). The van der Waals surface area contributed by atoms with Crippen molar-refractivity contribution in [2.75, 3.05) is 0 Å². The van der Waals surface area contributed by atoms with E-state index in [1.54, 1.807) is 12.1 Å². The first kappa shape index (κ1) is 17.8. The van der Waals surface area contributed by atoms with Gasteiger partial charge in [-0.1, -0.05) is 42.0 Å². The zero-order valence-corrected chi connectivity index (χ0v) is 14.4. The van der Waals surface area contributed by atoms with Gasteiger partial charge in [-0.05, 0) is 30.2 Å². The van der Waals surface area contributed by atoms with Gasteiger partial charge in [-0.15, -0.1) is 0 Å². The summed E-state index contributed by atoms with van der Waals surface area (Å²) in [6, 6.07) is 14.5. The van der Waals surface area contributed by atoms with Crippen molar-refractivity contribution in [3.8, 4) is 0 Å². The average Bonchev–Trinajstić information content (AvgIpc) is 3.08. The van der Waals surface area contributed by atoms with Gasteiger partial charge >= 0.3 is 5.97 Å². The molecule has 0 aliphatic rings. The average molecular weight is 354 g/mol. The summed E-state index contributed by atoms with van der Waals surface area (Å²) in [5.74, 6) is -1.07. The van der Waals surface area contributed by atoms with Gasteiger partial charge in [-0.3, -0.25) is 4.90 Å². The second kappa shape index (κ2) is 7.93.